The van der Waals surface area contributed by atoms with Crippen LogP contribution in [-0.4, -0.2) is 28.4 Å². The van der Waals surface area contributed by atoms with Crippen molar-refractivity contribution in [1.29, 1.82) is 0 Å². The number of hydrogen-bond donors (Lipinski definition) is 1. The predicted molar refractivity (Wildman–Crippen MR) is 89.2 cm³/mol. The summed E-state index contributed by atoms with van der Waals surface area (Å²) < 4.78 is 7.18. The second kappa shape index (κ2) is 7.49. The minimum absolute atomic E-state index is 0.291. The molecule has 1 aromatic carbocycles. The van der Waals surface area contributed by atoms with Crippen molar-refractivity contribution in [2.45, 2.75) is 11.3 Å². The zero-order valence-electron chi connectivity index (χ0n) is 10.9. The summed E-state index contributed by atoms with van der Waals surface area (Å²) in [7, 11) is 0. The number of rotatable bonds is 6. The third-order valence-electron chi connectivity index (χ3n) is 2.43. The van der Waals surface area contributed by atoms with Gasteiger partial charge < -0.3 is 9.84 Å². The summed E-state index contributed by atoms with van der Waals surface area (Å²) >= 11 is 11.9. The molecular formula is C13H11BrClNO3S2. The lowest BCUT2D eigenvalue weighted by Crippen LogP contribution is -2.00. The second-order valence-corrected chi connectivity index (χ2v) is 7.60. The summed E-state index contributed by atoms with van der Waals surface area (Å²) in [5, 5.41) is 9.61. The van der Waals surface area contributed by atoms with Crippen LogP contribution in [0.1, 0.15) is 15.4 Å². The Balaban J connectivity index is 1.84. The quantitative estimate of drug-likeness (QED) is 0.553. The van der Waals surface area contributed by atoms with Crippen LogP contribution in [0.3, 0.4) is 0 Å². The van der Waals surface area contributed by atoms with Gasteiger partial charge in [0.1, 0.15) is 10.6 Å². The Morgan fingerprint density at radius 1 is 1.57 bits per heavy atom. The number of halogens is 2. The number of aromatic nitrogens is 1. The van der Waals surface area contributed by atoms with Crippen molar-refractivity contribution in [2.75, 3.05) is 12.4 Å². The number of aryl methyl sites for hydroxylation is 1. The smallest absolute Gasteiger partial charge is 0.347 e. The molecule has 2 rings (SSSR count). The highest BCUT2D eigenvalue weighted by atomic mass is 79.9. The Morgan fingerprint density at radius 3 is 2.95 bits per heavy atom. The fourth-order valence-electron chi connectivity index (χ4n) is 1.50. The molecule has 1 N–H and O–H groups in total. The minimum atomic E-state index is -0.932. The van der Waals surface area contributed by atoms with Crippen molar-refractivity contribution in [3.63, 3.8) is 0 Å². The number of carbonyl (C=O) groups is 1. The van der Waals surface area contributed by atoms with Crippen molar-refractivity contribution < 1.29 is 14.6 Å². The Bertz CT molecular complexity index is 663. The van der Waals surface area contributed by atoms with E-state index in [9.17, 15) is 4.79 Å². The Labute approximate surface area is 143 Å². The van der Waals surface area contributed by atoms with E-state index in [-0.39, 0.29) is 0 Å². The van der Waals surface area contributed by atoms with E-state index in [4.69, 9.17) is 21.4 Å². The molecule has 0 saturated carbocycles. The number of hydrogen-bond acceptors (Lipinski definition) is 5. The van der Waals surface area contributed by atoms with E-state index in [2.05, 4.69) is 20.9 Å². The SMILES string of the molecule is Cc1nc(SCCOc2ccc(Cl)cc2Br)sc1C(=O)O. The average molecular weight is 409 g/mol. The van der Waals surface area contributed by atoms with Crippen molar-refractivity contribution in [1.82, 2.24) is 4.98 Å². The minimum Gasteiger partial charge on any atom is -0.492 e. The summed E-state index contributed by atoms with van der Waals surface area (Å²) in [6.45, 7) is 2.19. The summed E-state index contributed by atoms with van der Waals surface area (Å²) in [6.07, 6.45) is 0. The van der Waals surface area contributed by atoms with E-state index in [0.717, 1.165) is 14.6 Å². The summed E-state index contributed by atoms with van der Waals surface area (Å²) in [6, 6.07) is 5.33. The zero-order chi connectivity index (χ0) is 15.4. The van der Waals surface area contributed by atoms with E-state index in [1.54, 1.807) is 25.1 Å². The second-order valence-electron chi connectivity index (χ2n) is 3.97. The van der Waals surface area contributed by atoms with E-state index in [1.807, 2.05) is 0 Å². The van der Waals surface area contributed by atoms with Gasteiger partial charge in [-0.05, 0) is 41.1 Å². The summed E-state index contributed by atoms with van der Waals surface area (Å²) in [5.41, 5.74) is 0.552. The number of thioether (sulfide) groups is 1. The highest BCUT2D eigenvalue weighted by Crippen LogP contribution is 2.29. The molecule has 0 saturated heterocycles. The van der Waals surface area contributed by atoms with E-state index in [0.29, 0.717) is 28.0 Å². The number of nitrogens with zero attached hydrogens (tertiary/aromatic N) is 1. The standard InChI is InChI=1S/C13H11BrClNO3S2/c1-7-11(12(17)18)21-13(16-7)20-5-4-19-10-3-2-8(15)6-9(10)14/h2-3,6H,4-5H2,1H3,(H,17,18). The Kier molecular flexibility index (Phi) is 5.92. The van der Waals surface area contributed by atoms with Gasteiger partial charge in [0.25, 0.3) is 0 Å². The number of ether oxygens (including phenoxy) is 1. The first-order valence-electron chi connectivity index (χ1n) is 5.88. The molecule has 0 radical (unpaired) electrons. The highest BCUT2D eigenvalue weighted by molar-refractivity contribution is 9.10. The first kappa shape index (κ1) is 16.6. The molecule has 8 heteroatoms. The maximum atomic E-state index is 10.9. The normalized spacial score (nSPS) is 10.6. The van der Waals surface area contributed by atoms with Gasteiger partial charge in [-0.2, -0.15) is 0 Å². The van der Waals surface area contributed by atoms with Gasteiger partial charge in [-0.25, -0.2) is 9.78 Å². The third kappa shape index (κ3) is 4.60. The largest absolute Gasteiger partial charge is 0.492 e. The Hall–Kier alpha value is -0.760. The molecule has 1 heterocycles. The van der Waals surface area contributed by atoms with Crippen LogP contribution in [-0.2, 0) is 0 Å². The van der Waals surface area contributed by atoms with Crippen molar-refractivity contribution in [3.05, 3.63) is 38.3 Å². The van der Waals surface area contributed by atoms with Gasteiger partial charge >= 0.3 is 5.97 Å². The molecule has 0 aliphatic heterocycles. The molecule has 0 unspecified atom stereocenters. The van der Waals surface area contributed by atoms with Crippen LogP contribution in [0.2, 0.25) is 5.02 Å². The molecule has 0 aliphatic rings. The topological polar surface area (TPSA) is 59.4 Å². The predicted octanol–water partition coefficient (Wildman–Crippen LogP) is 4.74. The number of carboxylic acid groups (broad SMARTS) is 1. The number of thiazole rings is 1. The Morgan fingerprint density at radius 2 is 2.33 bits per heavy atom. The monoisotopic (exact) mass is 407 g/mol. The number of benzene rings is 1. The lowest BCUT2D eigenvalue weighted by atomic mass is 10.3. The van der Waals surface area contributed by atoms with E-state index >= 15 is 0 Å². The maximum Gasteiger partial charge on any atom is 0.347 e. The van der Waals surface area contributed by atoms with E-state index in [1.165, 1.54) is 23.1 Å². The molecule has 2 aromatic rings. The fraction of sp³-hybridized carbons (Fsp3) is 0.231. The van der Waals surface area contributed by atoms with Crippen LogP contribution >= 0.6 is 50.6 Å². The van der Waals surface area contributed by atoms with Gasteiger partial charge in [0.05, 0.1) is 16.8 Å². The van der Waals surface area contributed by atoms with Crippen LogP contribution in [0.25, 0.3) is 0 Å². The van der Waals surface area contributed by atoms with Gasteiger partial charge in [-0.15, -0.1) is 11.3 Å². The van der Waals surface area contributed by atoms with Gasteiger partial charge in [-0.3, -0.25) is 0 Å². The molecule has 0 bridgehead atoms. The molecule has 21 heavy (non-hydrogen) atoms. The number of carboxylic acids is 1. The first-order chi connectivity index (χ1) is 9.97. The molecule has 0 spiro atoms. The summed E-state index contributed by atoms with van der Waals surface area (Å²) in [4.78, 5) is 15.5. The zero-order valence-corrected chi connectivity index (χ0v) is 14.9. The van der Waals surface area contributed by atoms with Crippen molar-refractivity contribution in [2.24, 2.45) is 0 Å². The van der Waals surface area contributed by atoms with Crippen LogP contribution < -0.4 is 4.74 Å². The molecule has 0 amide bonds. The van der Waals surface area contributed by atoms with Gasteiger partial charge in [0.2, 0.25) is 0 Å². The lowest BCUT2D eigenvalue weighted by molar-refractivity contribution is 0.0701. The molecule has 4 nitrogen and oxygen atoms in total. The lowest BCUT2D eigenvalue weighted by Gasteiger charge is -2.07. The van der Waals surface area contributed by atoms with Crippen molar-refractivity contribution in [3.8, 4) is 5.75 Å². The molecule has 0 fully saturated rings. The van der Waals surface area contributed by atoms with Crippen LogP contribution in [0.4, 0.5) is 0 Å². The third-order valence-corrected chi connectivity index (χ3v) is 5.54. The van der Waals surface area contributed by atoms with Crippen LogP contribution in [0, 0.1) is 6.92 Å². The highest BCUT2D eigenvalue weighted by Gasteiger charge is 2.14. The number of aromatic carboxylic acids is 1. The molecule has 0 atom stereocenters. The molecule has 1 aromatic heterocycles. The van der Waals surface area contributed by atoms with Crippen LogP contribution in [0.15, 0.2) is 27.0 Å². The maximum absolute atomic E-state index is 10.9. The van der Waals surface area contributed by atoms with Gasteiger partial charge in [0.15, 0.2) is 4.34 Å². The first-order valence-corrected chi connectivity index (χ1v) is 8.86. The van der Waals surface area contributed by atoms with Crippen LogP contribution in [0.5, 0.6) is 5.75 Å². The van der Waals surface area contributed by atoms with Gasteiger partial charge in [0, 0.05) is 10.8 Å². The average Bonchev–Trinajstić information content (AvgIpc) is 2.78. The van der Waals surface area contributed by atoms with Gasteiger partial charge in [-0.1, -0.05) is 23.4 Å². The fourth-order valence-corrected chi connectivity index (χ4v) is 4.22. The molecule has 0 aliphatic carbocycles. The molecular weight excluding hydrogens is 398 g/mol. The summed E-state index contributed by atoms with van der Waals surface area (Å²) in [5.74, 6) is 0.473. The molecule has 112 valence electrons. The van der Waals surface area contributed by atoms with E-state index < -0.39 is 5.97 Å². The van der Waals surface area contributed by atoms with Crippen molar-refractivity contribution >= 4 is 56.6 Å².